The summed E-state index contributed by atoms with van der Waals surface area (Å²) in [6.45, 7) is 9.06. The molecule has 2 heterocycles. The number of anilines is 1. The van der Waals surface area contributed by atoms with Gasteiger partial charge in [0, 0.05) is 17.5 Å². The van der Waals surface area contributed by atoms with Crippen LogP contribution in [0.2, 0.25) is 0 Å². The highest BCUT2D eigenvalue weighted by Crippen LogP contribution is 2.19. The zero-order chi connectivity index (χ0) is 14.4. The summed E-state index contributed by atoms with van der Waals surface area (Å²) < 4.78 is 0. The van der Waals surface area contributed by atoms with E-state index in [1.54, 1.807) is 11.3 Å². The molecule has 5 heteroatoms. The molecule has 20 heavy (non-hydrogen) atoms. The minimum atomic E-state index is 0.394. The molecular weight excluding hydrogens is 268 g/mol. The second-order valence-corrected chi connectivity index (χ2v) is 6.00. The first-order valence-corrected chi connectivity index (χ1v) is 7.91. The van der Waals surface area contributed by atoms with Crippen molar-refractivity contribution >= 4 is 17.2 Å². The lowest BCUT2D eigenvalue weighted by Gasteiger charge is -2.26. The molecule has 0 aliphatic heterocycles. The van der Waals surface area contributed by atoms with E-state index in [2.05, 4.69) is 70.8 Å². The summed E-state index contributed by atoms with van der Waals surface area (Å²) in [5.74, 6) is 0.939. The Balaban J connectivity index is 2.09. The first-order valence-electron chi connectivity index (χ1n) is 7.03. The highest BCUT2D eigenvalue weighted by molar-refractivity contribution is 7.09. The topological polar surface area (TPSA) is 41.0 Å². The summed E-state index contributed by atoms with van der Waals surface area (Å²) in [5, 5.41) is 14.0. The number of thiophene rings is 1. The molecule has 2 aromatic rings. The largest absolute Gasteiger partial charge is 0.348 e. The normalized spacial score (nSPS) is 11.0. The molecule has 2 aromatic heterocycles. The Labute approximate surface area is 124 Å². The summed E-state index contributed by atoms with van der Waals surface area (Å²) in [7, 11) is 0. The van der Waals surface area contributed by atoms with Crippen LogP contribution in [0.3, 0.4) is 0 Å². The Morgan fingerprint density at radius 3 is 2.65 bits per heavy atom. The molecule has 0 bridgehead atoms. The van der Waals surface area contributed by atoms with Gasteiger partial charge in [-0.15, -0.1) is 16.4 Å². The van der Waals surface area contributed by atoms with Crippen LogP contribution in [0.4, 0.5) is 5.82 Å². The summed E-state index contributed by atoms with van der Waals surface area (Å²) in [5.41, 5.74) is 0.982. The van der Waals surface area contributed by atoms with Gasteiger partial charge in [0.1, 0.15) is 0 Å². The number of rotatable bonds is 7. The van der Waals surface area contributed by atoms with Crippen molar-refractivity contribution in [3.63, 3.8) is 0 Å². The van der Waals surface area contributed by atoms with Crippen LogP contribution in [0, 0.1) is 0 Å². The molecule has 0 aliphatic rings. The Morgan fingerprint density at radius 1 is 1.25 bits per heavy atom. The van der Waals surface area contributed by atoms with E-state index in [9.17, 15) is 0 Å². The quantitative estimate of drug-likeness (QED) is 0.851. The van der Waals surface area contributed by atoms with Crippen LogP contribution in [0.1, 0.15) is 31.3 Å². The Morgan fingerprint density at radius 2 is 2.10 bits per heavy atom. The first-order chi connectivity index (χ1) is 9.70. The number of hydrogen-bond donors (Lipinski definition) is 1. The number of hydrogen-bond acceptors (Lipinski definition) is 5. The lowest BCUT2D eigenvalue weighted by atomic mass is 10.3. The van der Waals surface area contributed by atoms with Crippen molar-refractivity contribution in [2.24, 2.45) is 0 Å². The van der Waals surface area contributed by atoms with Gasteiger partial charge in [-0.1, -0.05) is 13.0 Å². The van der Waals surface area contributed by atoms with Crippen molar-refractivity contribution in [1.82, 2.24) is 15.5 Å². The summed E-state index contributed by atoms with van der Waals surface area (Å²) in [4.78, 5) is 3.62. The Bertz CT molecular complexity index is 493. The van der Waals surface area contributed by atoms with Crippen LogP contribution in [0.15, 0.2) is 29.6 Å². The third-order valence-electron chi connectivity index (χ3n) is 3.09. The van der Waals surface area contributed by atoms with E-state index < -0.39 is 0 Å². The van der Waals surface area contributed by atoms with Gasteiger partial charge >= 0.3 is 0 Å². The molecule has 0 spiro atoms. The molecule has 0 atom stereocenters. The van der Waals surface area contributed by atoms with Crippen LogP contribution in [-0.2, 0) is 13.1 Å². The predicted molar refractivity (Wildman–Crippen MR) is 85.1 cm³/mol. The average molecular weight is 290 g/mol. The lowest BCUT2D eigenvalue weighted by molar-refractivity contribution is 0.659. The summed E-state index contributed by atoms with van der Waals surface area (Å²) in [6.07, 6.45) is 0. The molecule has 0 aromatic carbocycles. The van der Waals surface area contributed by atoms with Crippen molar-refractivity contribution in [2.45, 2.75) is 39.9 Å². The summed E-state index contributed by atoms with van der Waals surface area (Å²) in [6, 6.07) is 8.75. The standard InChI is InChI=1S/C15H22N4S/c1-4-16-10-13-7-8-15(18-17-13)19(12(2)3)11-14-6-5-9-20-14/h5-9,12,16H,4,10-11H2,1-3H3. The van der Waals surface area contributed by atoms with Crippen molar-refractivity contribution in [1.29, 1.82) is 0 Å². The molecular formula is C15H22N4S. The van der Waals surface area contributed by atoms with Crippen molar-refractivity contribution in [3.8, 4) is 0 Å². The number of nitrogens with one attached hydrogen (secondary N) is 1. The zero-order valence-corrected chi connectivity index (χ0v) is 13.2. The maximum Gasteiger partial charge on any atom is 0.151 e. The zero-order valence-electron chi connectivity index (χ0n) is 12.3. The second-order valence-electron chi connectivity index (χ2n) is 4.96. The van der Waals surface area contributed by atoms with Gasteiger partial charge in [0.05, 0.1) is 12.2 Å². The fraction of sp³-hybridized carbons (Fsp3) is 0.467. The van der Waals surface area contributed by atoms with Gasteiger partial charge < -0.3 is 10.2 Å². The second kappa shape index (κ2) is 7.36. The van der Waals surface area contributed by atoms with E-state index in [1.165, 1.54) is 4.88 Å². The van der Waals surface area contributed by atoms with Gasteiger partial charge in [0.2, 0.25) is 0 Å². The fourth-order valence-electron chi connectivity index (χ4n) is 1.95. The average Bonchev–Trinajstić information content (AvgIpc) is 2.96. The minimum absolute atomic E-state index is 0.394. The first kappa shape index (κ1) is 14.9. The van der Waals surface area contributed by atoms with Gasteiger partial charge in [-0.05, 0) is 44.0 Å². The van der Waals surface area contributed by atoms with Crippen molar-refractivity contribution < 1.29 is 0 Å². The van der Waals surface area contributed by atoms with E-state index in [-0.39, 0.29) is 0 Å². The molecule has 0 unspecified atom stereocenters. The van der Waals surface area contributed by atoms with Crippen LogP contribution in [0.5, 0.6) is 0 Å². The van der Waals surface area contributed by atoms with Crippen molar-refractivity contribution in [3.05, 3.63) is 40.2 Å². The van der Waals surface area contributed by atoms with Crippen LogP contribution >= 0.6 is 11.3 Å². The van der Waals surface area contributed by atoms with E-state index in [4.69, 9.17) is 0 Å². The predicted octanol–water partition coefficient (Wildman–Crippen LogP) is 3.06. The third-order valence-corrected chi connectivity index (χ3v) is 3.95. The van der Waals surface area contributed by atoms with E-state index >= 15 is 0 Å². The molecule has 0 saturated heterocycles. The van der Waals surface area contributed by atoms with Gasteiger partial charge in [-0.2, -0.15) is 5.10 Å². The van der Waals surface area contributed by atoms with E-state index in [0.29, 0.717) is 6.04 Å². The molecule has 4 nitrogen and oxygen atoms in total. The van der Waals surface area contributed by atoms with Gasteiger partial charge in [-0.25, -0.2) is 0 Å². The number of aromatic nitrogens is 2. The Kier molecular flexibility index (Phi) is 5.49. The molecule has 108 valence electrons. The number of nitrogens with zero attached hydrogens (tertiary/aromatic N) is 3. The van der Waals surface area contributed by atoms with Crippen LogP contribution in [-0.4, -0.2) is 22.8 Å². The van der Waals surface area contributed by atoms with Gasteiger partial charge in [0.15, 0.2) is 5.82 Å². The fourth-order valence-corrected chi connectivity index (χ4v) is 2.65. The molecule has 1 N–H and O–H groups in total. The lowest BCUT2D eigenvalue weighted by Crippen LogP contribution is -2.31. The monoisotopic (exact) mass is 290 g/mol. The minimum Gasteiger partial charge on any atom is -0.348 e. The third kappa shape index (κ3) is 4.02. The molecule has 0 aliphatic carbocycles. The molecule has 0 fully saturated rings. The van der Waals surface area contributed by atoms with Crippen molar-refractivity contribution in [2.75, 3.05) is 11.4 Å². The molecule has 0 saturated carbocycles. The Hall–Kier alpha value is -1.46. The van der Waals surface area contributed by atoms with E-state index in [1.807, 2.05) is 0 Å². The maximum absolute atomic E-state index is 4.37. The SMILES string of the molecule is CCNCc1ccc(N(Cc2cccs2)C(C)C)nn1. The molecule has 0 amide bonds. The van der Waals surface area contributed by atoms with Crippen LogP contribution < -0.4 is 10.2 Å². The molecule has 2 rings (SSSR count). The van der Waals surface area contributed by atoms with E-state index in [0.717, 1.165) is 31.1 Å². The van der Waals surface area contributed by atoms with Crippen LogP contribution in [0.25, 0.3) is 0 Å². The highest BCUT2D eigenvalue weighted by Gasteiger charge is 2.13. The summed E-state index contributed by atoms with van der Waals surface area (Å²) >= 11 is 1.78. The highest BCUT2D eigenvalue weighted by atomic mass is 32.1. The maximum atomic E-state index is 4.37. The smallest absolute Gasteiger partial charge is 0.151 e. The van der Waals surface area contributed by atoms with Gasteiger partial charge in [-0.3, -0.25) is 0 Å². The molecule has 0 radical (unpaired) electrons. The van der Waals surface area contributed by atoms with Gasteiger partial charge in [0.25, 0.3) is 0 Å².